The number of furan rings is 1. The summed E-state index contributed by atoms with van der Waals surface area (Å²) < 4.78 is 12.6. The molecule has 330 valence electrons. The number of anilines is 2. The fraction of sp³-hybridized carbons (Fsp3) is 0.206. The number of hydrogen-bond acceptors (Lipinski definition) is 2. The van der Waals surface area contributed by atoms with E-state index in [0.717, 1.165) is 41.6 Å². The smallest absolute Gasteiger partial charge is 0.375 e. The van der Waals surface area contributed by atoms with E-state index in [1.807, 2.05) is 0 Å². The van der Waals surface area contributed by atoms with Crippen molar-refractivity contribution >= 4 is 83.9 Å². The predicted molar refractivity (Wildman–Crippen MR) is 288 cm³/mol. The third-order valence-corrected chi connectivity index (χ3v) is 16.4. The highest BCUT2D eigenvalue weighted by atomic mass is 16.3. The largest absolute Gasteiger partial charge is 0.466 e. The topological polar surface area (TPSA) is 26.2 Å². The molecule has 11 aromatic rings. The third kappa shape index (κ3) is 5.50. The fourth-order valence-corrected chi connectivity index (χ4v) is 12.8. The van der Waals surface area contributed by atoms with E-state index in [2.05, 4.69) is 212 Å². The Balaban J connectivity index is 1.17. The average Bonchev–Trinajstić information content (AvgIpc) is 4.03. The van der Waals surface area contributed by atoms with E-state index in [1.54, 1.807) is 0 Å². The van der Waals surface area contributed by atoms with Gasteiger partial charge in [-0.25, -0.2) is 0 Å². The number of rotatable bonds is 7. The molecule has 0 spiro atoms. The number of unbranched alkanes of at least 4 members (excludes halogenated alkanes) is 2. The molecule has 0 bridgehead atoms. The first-order chi connectivity index (χ1) is 33.2. The maximum absolute atomic E-state index is 7.47. The Kier molecular flexibility index (Phi) is 8.44. The summed E-state index contributed by atoms with van der Waals surface area (Å²) in [5, 5.41) is 6.17. The van der Waals surface area contributed by atoms with Gasteiger partial charge >= 0.3 is 6.85 Å². The highest BCUT2D eigenvalue weighted by molar-refractivity contribution is 6.93. The SMILES string of the molecule is CCCCCc1ccc(N2B3c4oc5ccc(-c6ccccc6)cc5c4-n4c5ccccc5c5c(-n6c7ccccc7c7ccccc76)cc(c3c54)-c3cc4c(cc32)C(C)(C)CCC4(C)C)cc1. The number of para-hydroxylation sites is 3. The third-order valence-electron chi connectivity index (χ3n) is 16.4. The van der Waals surface area contributed by atoms with Crippen LogP contribution >= 0.6 is 0 Å². The molecule has 0 saturated carbocycles. The first-order valence-corrected chi connectivity index (χ1v) is 25.0. The average molecular weight is 880 g/mol. The molecule has 3 aromatic heterocycles. The Morgan fingerprint density at radius 3 is 1.87 bits per heavy atom. The van der Waals surface area contributed by atoms with Gasteiger partial charge in [-0.2, -0.15) is 0 Å². The number of fused-ring (bicyclic) bond motifs is 14. The lowest BCUT2D eigenvalue weighted by molar-refractivity contribution is 0.332. The molecule has 5 heterocycles. The minimum Gasteiger partial charge on any atom is -0.466 e. The quantitative estimate of drug-likeness (QED) is 0.118. The lowest BCUT2D eigenvalue weighted by Gasteiger charge is -2.46. The predicted octanol–water partition coefficient (Wildman–Crippen LogP) is 15.6. The minimum atomic E-state index is -0.240. The fourth-order valence-electron chi connectivity index (χ4n) is 12.8. The van der Waals surface area contributed by atoms with Crippen LogP contribution in [-0.4, -0.2) is 16.0 Å². The van der Waals surface area contributed by atoms with E-state index >= 15 is 0 Å². The second kappa shape index (κ2) is 14.4. The zero-order valence-electron chi connectivity index (χ0n) is 39.7. The second-order valence-corrected chi connectivity index (χ2v) is 21.3. The van der Waals surface area contributed by atoms with Crippen molar-refractivity contribution in [3.8, 4) is 33.6 Å². The van der Waals surface area contributed by atoms with Crippen molar-refractivity contribution in [2.75, 3.05) is 4.81 Å². The normalized spacial score (nSPS) is 15.4. The van der Waals surface area contributed by atoms with Crippen LogP contribution in [0.1, 0.15) is 83.4 Å². The van der Waals surface area contributed by atoms with E-state index < -0.39 is 0 Å². The summed E-state index contributed by atoms with van der Waals surface area (Å²) >= 11 is 0. The summed E-state index contributed by atoms with van der Waals surface area (Å²) in [7, 11) is 0. The van der Waals surface area contributed by atoms with Crippen LogP contribution in [0.15, 0.2) is 168 Å². The molecule has 0 unspecified atom stereocenters. The van der Waals surface area contributed by atoms with Crippen molar-refractivity contribution in [1.29, 1.82) is 0 Å². The maximum atomic E-state index is 7.47. The minimum absolute atomic E-state index is 0.0183. The highest BCUT2D eigenvalue weighted by Gasteiger charge is 2.49. The Labute approximate surface area is 398 Å². The molecule has 2 aliphatic heterocycles. The van der Waals surface area contributed by atoms with Gasteiger partial charge in [0.25, 0.3) is 0 Å². The molecular weight excluding hydrogens is 826 g/mol. The lowest BCUT2D eigenvalue weighted by atomic mass is 9.46. The molecule has 0 fully saturated rings. The highest BCUT2D eigenvalue weighted by Crippen LogP contribution is 2.54. The zero-order valence-corrected chi connectivity index (χ0v) is 39.7. The summed E-state index contributed by atoms with van der Waals surface area (Å²) in [6, 6.07) is 62.0. The van der Waals surface area contributed by atoms with Gasteiger partial charge in [-0.3, -0.25) is 0 Å². The molecule has 0 saturated heterocycles. The van der Waals surface area contributed by atoms with Gasteiger partial charge in [0.15, 0.2) is 0 Å². The number of hydrogen-bond donors (Lipinski definition) is 0. The second-order valence-electron chi connectivity index (χ2n) is 21.3. The van der Waals surface area contributed by atoms with Gasteiger partial charge < -0.3 is 18.4 Å². The van der Waals surface area contributed by atoms with Gasteiger partial charge in [-0.1, -0.05) is 151 Å². The van der Waals surface area contributed by atoms with E-state index in [1.165, 1.54) is 124 Å². The number of aromatic nitrogens is 2. The molecule has 3 aliphatic rings. The van der Waals surface area contributed by atoms with Gasteiger partial charge in [-0.05, 0) is 136 Å². The summed E-state index contributed by atoms with van der Waals surface area (Å²) in [6.45, 7) is 11.9. The van der Waals surface area contributed by atoms with Crippen LogP contribution in [0.25, 0.3) is 88.2 Å². The molecule has 4 nitrogen and oxygen atoms in total. The molecule has 8 aromatic carbocycles. The maximum Gasteiger partial charge on any atom is 0.375 e. The Morgan fingerprint density at radius 1 is 0.544 bits per heavy atom. The van der Waals surface area contributed by atoms with Gasteiger partial charge in [0, 0.05) is 43.9 Å². The van der Waals surface area contributed by atoms with Crippen molar-refractivity contribution in [2.24, 2.45) is 0 Å². The van der Waals surface area contributed by atoms with Crippen LogP contribution in [0.2, 0.25) is 0 Å². The molecule has 0 radical (unpaired) electrons. The van der Waals surface area contributed by atoms with Crippen molar-refractivity contribution in [1.82, 2.24) is 9.13 Å². The van der Waals surface area contributed by atoms with Crippen LogP contribution in [0, 0.1) is 0 Å². The summed E-state index contributed by atoms with van der Waals surface area (Å²) in [4.78, 5) is 2.67. The van der Waals surface area contributed by atoms with Crippen LogP contribution in [-0.2, 0) is 17.3 Å². The van der Waals surface area contributed by atoms with Crippen molar-refractivity contribution in [3.05, 3.63) is 180 Å². The number of benzene rings is 8. The number of aryl methyl sites for hydroxylation is 1. The first kappa shape index (κ1) is 39.9. The molecule has 0 N–H and O–H groups in total. The van der Waals surface area contributed by atoms with Gasteiger partial charge in [0.05, 0.1) is 33.4 Å². The van der Waals surface area contributed by atoms with Gasteiger partial charge in [-0.15, -0.1) is 0 Å². The lowest BCUT2D eigenvalue weighted by Crippen LogP contribution is -2.60. The summed E-state index contributed by atoms with van der Waals surface area (Å²) in [5.41, 5.74) is 22.2. The van der Waals surface area contributed by atoms with Crippen LogP contribution in [0.4, 0.5) is 11.4 Å². The van der Waals surface area contributed by atoms with E-state index in [-0.39, 0.29) is 17.7 Å². The van der Waals surface area contributed by atoms with Crippen molar-refractivity contribution in [2.45, 2.75) is 84.0 Å². The molecule has 5 heteroatoms. The summed E-state index contributed by atoms with van der Waals surface area (Å²) in [5.74, 6) is 0. The zero-order chi connectivity index (χ0) is 45.6. The van der Waals surface area contributed by atoms with Gasteiger partial charge in [0.2, 0.25) is 0 Å². The molecule has 68 heavy (non-hydrogen) atoms. The van der Waals surface area contributed by atoms with Gasteiger partial charge in [0.1, 0.15) is 11.2 Å². The molecule has 0 amide bonds. The van der Waals surface area contributed by atoms with E-state index in [9.17, 15) is 0 Å². The molecule has 0 atom stereocenters. The Hall–Kier alpha value is -7.24. The Morgan fingerprint density at radius 2 is 1.18 bits per heavy atom. The summed E-state index contributed by atoms with van der Waals surface area (Å²) in [6.07, 6.45) is 7.07. The van der Waals surface area contributed by atoms with Crippen LogP contribution < -0.4 is 15.9 Å². The van der Waals surface area contributed by atoms with E-state index in [4.69, 9.17) is 4.42 Å². The van der Waals surface area contributed by atoms with Crippen LogP contribution in [0.5, 0.6) is 0 Å². The Bertz CT molecular complexity index is 3830. The van der Waals surface area contributed by atoms with Crippen LogP contribution in [0.3, 0.4) is 0 Å². The monoisotopic (exact) mass is 879 g/mol. The molecule has 14 rings (SSSR count). The number of nitrogens with zero attached hydrogens (tertiary/aromatic N) is 3. The van der Waals surface area contributed by atoms with Crippen molar-refractivity contribution < 1.29 is 4.42 Å². The molecule has 1 aliphatic carbocycles. The van der Waals surface area contributed by atoms with Crippen molar-refractivity contribution in [3.63, 3.8) is 0 Å². The first-order valence-electron chi connectivity index (χ1n) is 25.0. The molecular formula is C63H54BN3O. The standard InChI is InChI=1S/C63H54BN3O/c1-6-7-9-18-39-27-30-42(31-28-39)67-54-38-50-49(62(2,3)33-34-63(50,4)5)36-46(54)47-37-55(65-51-24-15-12-21-43(51)44-22-13-16-25-52(44)65)57-45-23-14-17-26-53(45)66-59-48-35-41(40-19-10-8-11-20-40)29-32-56(48)68-61(59)64(67)58(47)60(57)66/h8,10-17,19-32,35-38H,6-7,9,18,33-34H2,1-5H3. The van der Waals surface area contributed by atoms with E-state index in [0.29, 0.717) is 0 Å².